The van der Waals surface area contributed by atoms with E-state index < -0.39 is 17.9 Å². The second kappa shape index (κ2) is 7.48. The molecule has 1 aromatic heterocycles. The van der Waals surface area contributed by atoms with Crippen LogP contribution in [0, 0.1) is 0 Å². The summed E-state index contributed by atoms with van der Waals surface area (Å²) in [5.74, 6) is -1.43. The number of carbonyl (C=O) groups excluding carboxylic acids is 1. The van der Waals surface area contributed by atoms with E-state index in [2.05, 4.69) is 10.3 Å². The highest BCUT2D eigenvalue weighted by Gasteiger charge is 2.20. The van der Waals surface area contributed by atoms with Crippen LogP contribution < -0.4 is 11.1 Å². The summed E-state index contributed by atoms with van der Waals surface area (Å²) in [4.78, 5) is 27.0. The summed E-state index contributed by atoms with van der Waals surface area (Å²) in [6.45, 7) is 2.20. The Bertz CT molecular complexity index is 449. The number of nitrogens with two attached hydrogens (primary N) is 1. The first-order valence-corrected chi connectivity index (χ1v) is 6.27. The van der Waals surface area contributed by atoms with Crippen molar-refractivity contribution in [1.82, 2.24) is 10.3 Å². The number of hydrogen-bond acceptors (Lipinski definition) is 4. The van der Waals surface area contributed by atoms with Crippen molar-refractivity contribution in [2.75, 3.05) is 0 Å². The van der Waals surface area contributed by atoms with Crippen LogP contribution in [0.3, 0.4) is 0 Å². The molecule has 1 unspecified atom stereocenters. The van der Waals surface area contributed by atoms with E-state index in [4.69, 9.17) is 10.8 Å². The largest absolute Gasteiger partial charge is 0.480 e. The van der Waals surface area contributed by atoms with Gasteiger partial charge in [0.05, 0.1) is 5.69 Å². The number of carbonyl (C=O) groups is 2. The van der Waals surface area contributed by atoms with E-state index in [1.807, 2.05) is 6.92 Å². The zero-order valence-corrected chi connectivity index (χ0v) is 10.9. The van der Waals surface area contributed by atoms with Gasteiger partial charge in [0.2, 0.25) is 0 Å². The summed E-state index contributed by atoms with van der Waals surface area (Å²) in [6.07, 6.45) is 3.54. The van der Waals surface area contributed by atoms with E-state index in [0.29, 0.717) is 17.7 Å². The van der Waals surface area contributed by atoms with Crippen LogP contribution in [0.5, 0.6) is 0 Å². The lowest BCUT2D eigenvalue weighted by molar-refractivity contribution is -0.139. The van der Waals surface area contributed by atoms with Crippen LogP contribution in [0.15, 0.2) is 18.3 Å². The van der Waals surface area contributed by atoms with Gasteiger partial charge in [0.25, 0.3) is 5.91 Å². The summed E-state index contributed by atoms with van der Waals surface area (Å²) in [7, 11) is 0. The molecule has 1 atom stereocenters. The fraction of sp³-hybridized carbons (Fsp3) is 0.462. The fourth-order valence-electron chi connectivity index (χ4n) is 1.64. The number of rotatable bonds is 7. The van der Waals surface area contributed by atoms with Crippen molar-refractivity contribution in [2.24, 2.45) is 5.73 Å². The maximum Gasteiger partial charge on any atom is 0.326 e. The third-order valence-corrected chi connectivity index (χ3v) is 2.74. The zero-order valence-electron chi connectivity index (χ0n) is 10.9. The molecule has 0 aliphatic carbocycles. The number of pyridine rings is 1. The van der Waals surface area contributed by atoms with Crippen LogP contribution in [0.25, 0.3) is 0 Å². The Morgan fingerprint density at radius 1 is 1.53 bits per heavy atom. The van der Waals surface area contributed by atoms with E-state index in [1.165, 1.54) is 12.3 Å². The summed E-state index contributed by atoms with van der Waals surface area (Å²) >= 11 is 0. The molecule has 6 heteroatoms. The molecule has 0 aliphatic heterocycles. The Balaban J connectivity index is 2.72. The number of nitrogens with one attached hydrogen (secondary N) is 1. The van der Waals surface area contributed by atoms with Gasteiger partial charge in [0.15, 0.2) is 0 Å². The van der Waals surface area contributed by atoms with Crippen LogP contribution in [-0.4, -0.2) is 28.0 Å². The van der Waals surface area contributed by atoms with Crippen LogP contribution in [0.1, 0.15) is 42.2 Å². The third kappa shape index (κ3) is 4.67. The number of nitrogens with zero attached hydrogens (tertiary/aromatic N) is 1. The molecule has 4 N–H and O–H groups in total. The number of unbranched alkanes of at least 4 members (excludes halogenated alkanes) is 1. The maximum atomic E-state index is 11.9. The highest BCUT2D eigenvalue weighted by molar-refractivity contribution is 5.96. The van der Waals surface area contributed by atoms with Gasteiger partial charge in [-0.25, -0.2) is 4.79 Å². The normalized spacial score (nSPS) is 11.9. The number of amides is 1. The second-order valence-electron chi connectivity index (χ2n) is 4.25. The lowest BCUT2D eigenvalue weighted by Crippen LogP contribution is -2.40. The minimum Gasteiger partial charge on any atom is -0.480 e. The van der Waals surface area contributed by atoms with Crippen LogP contribution in [0.4, 0.5) is 0 Å². The summed E-state index contributed by atoms with van der Waals surface area (Å²) in [5.41, 5.74) is 6.41. The minimum absolute atomic E-state index is 0.235. The molecule has 0 aliphatic rings. The van der Waals surface area contributed by atoms with Crippen molar-refractivity contribution in [1.29, 1.82) is 0 Å². The van der Waals surface area contributed by atoms with Crippen molar-refractivity contribution in [3.05, 3.63) is 29.6 Å². The number of aliphatic carboxylic acids is 1. The quantitative estimate of drug-likeness (QED) is 0.679. The standard InChI is InChI=1S/C13H19N3O3/c1-2-3-4-11(13(18)19)16-12(17)9-5-6-15-10(7-9)8-14/h5-7,11H,2-4,8,14H2,1H3,(H,16,17)(H,18,19). The highest BCUT2D eigenvalue weighted by Crippen LogP contribution is 2.05. The monoisotopic (exact) mass is 265 g/mol. The summed E-state index contributed by atoms with van der Waals surface area (Å²) < 4.78 is 0. The molecule has 0 saturated heterocycles. The molecule has 0 fully saturated rings. The van der Waals surface area contributed by atoms with Crippen LogP contribution in [0.2, 0.25) is 0 Å². The smallest absolute Gasteiger partial charge is 0.326 e. The van der Waals surface area contributed by atoms with Crippen LogP contribution >= 0.6 is 0 Å². The first-order valence-electron chi connectivity index (χ1n) is 6.27. The molecule has 0 bridgehead atoms. The van der Waals surface area contributed by atoms with Crippen molar-refractivity contribution >= 4 is 11.9 Å². The van der Waals surface area contributed by atoms with E-state index in [9.17, 15) is 9.59 Å². The van der Waals surface area contributed by atoms with Gasteiger partial charge in [-0.3, -0.25) is 9.78 Å². The van der Waals surface area contributed by atoms with Gasteiger partial charge >= 0.3 is 5.97 Å². The van der Waals surface area contributed by atoms with Crippen molar-refractivity contribution in [3.63, 3.8) is 0 Å². The average Bonchev–Trinajstić information content (AvgIpc) is 2.42. The molecule has 0 aromatic carbocycles. The molecule has 0 radical (unpaired) electrons. The first kappa shape index (κ1) is 15.1. The number of carboxylic acids is 1. The molecule has 6 nitrogen and oxygen atoms in total. The van der Waals surface area contributed by atoms with Gasteiger partial charge < -0.3 is 16.2 Å². The SMILES string of the molecule is CCCCC(NC(=O)c1ccnc(CN)c1)C(=O)O. The third-order valence-electron chi connectivity index (χ3n) is 2.74. The molecule has 0 saturated carbocycles. The fourth-order valence-corrected chi connectivity index (χ4v) is 1.64. The summed E-state index contributed by atoms with van der Waals surface area (Å²) in [6, 6.07) is 2.24. The van der Waals surface area contributed by atoms with E-state index in [-0.39, 0.29) is 6.54 Å². The van der Waals surface area contributed by atoms with E-state index in [1.54, 1.807) is 6.07 Å². The number of hydrogen-bond donors (Lipinski definition) is 3. The lowest BCUT2D eigenvalue weighted by Gasteiger charge is -2.14. The Morgan fingerprint density at radius 2 is 2.26 bits per heavy atom. The lowest BCUT2D eigenvalue weighted by atomic mass is 10.1. The van der Waals surface area contributed by atoms with Crippen molar-refractivity contribution < 1.29 is 14.7 Å². The predicted octanol–water partition coefficient (Wildman–Crippen LogP) is 0.913. The summed E-state index contributed by atoms with van der Waals surface area (Å²) in [5, 5.41) is 11.6. The predicted molar refractivity (Wildman–Crippen MR) is 70.5 cm³/mol. The topological polar surface area (TPSA) is 105 Å². The van der Waals surface area contributed by atoms with E-state index in [0.717, 1.165) is 12.8 Å². The maximum absolute atomic E-state index is 11.9. The van der Waals surface area contributed by atoms with Gasteiger partial charge in [-0.2, -0.15) is 0 Å². The molecule has 104 valence electrons. The molecular formula is C13H19N3O3. The number of aromatic nitrogens is 1. The van der Waals surface area contributed by atoms with Crippen LogP contribution in [-0.2, 0) is 11.3 Å². The minimum atomic E-state index is -1.02. The Hall–Kier alpha value is -1.95. The molecule has 0 spiro atoms. The Labute approximate surface area is 112 Å². The van der Waals surface area contributed by atoms with Crippen molar-refractivity contribution in [2.45, 2.75) is 38.8 Å². The van der Waals surface area contributed by atoms with Gasteiger partial charge in [-0.15, -0.1) is 0 Å². The van der Waals surface area contributed by atoms with Gasteiger partial charge in [-0.1, -0.05) is 19.8 Å². The van der Waals surface area contributed by atoms with Gasteiger partial charge in [-0.05, 0) is 18.6 Å². The van der Waals surface area contributed by atoms with E-state index >= 15 is 0 Å². The molecular weight excluding hydrogens is 246 g/mol. The Kier molecular flexibility index (Phi) is 5.95. The highest BCUT2D eigenvalue weighted by atomic mass is 16.4. The van der Waals surface area contributed by atoms with Gasteiger partial charge in [0, 0.05) is 18.3 Å². The molecule has 1 amide bonds. The van der Waals surface area contributed by atoms with Crippen molar-refractivity contribution in [3.8, 4) is 0 Å². The first-order chi connectivity index (χ1) is 9.08. The average molecular weight is 265 g/mol. The van der Waals surface area contributed by atoms with Gasteiger partial charge in [0.1, 0.15) is 6.04 Å². The molecule has 1 aromatic rings. The molecule has 1 rings (SSSR count). The second-order valence-corrected chi connectivity index (χ2v) is 4.25. The Morgan fingerprint density at radius 3 is 2.84 bits per heavy atom. The molecule has 1 heterocycles. The molecule has 19 heavy (non-hydrogen) atoms. The zero-order chi connectivity index (χ0) is 14.3. The number of carboxylic acid groups (broad SMARTS) is 1.